The van der Waals surface area contributed by atoms with Crippen molar-refractivity contribution in [3.63, 3.8) is 0 Å². The molecule has 8 heteroatoms. The molecule has 0 saturated heterocycles. The molecule has 0 fully saturated rings. The molecule has 1 aromatic heterocycles. The molecule has 3 rings (SSSR count). The van der Waals surface area contributed by atoms with Gasteiger partial charge >= 0.3 is 6.18 Å². The van der Waals surface area contributed by atoms with Crippen LogP contribution in [0.2, 0.25) is 5.02 Å². The van der Waals surface area contributed by atoms with Crippen molar-refractivity contribution in [3.8, 4) is 16.9 Å². The molecule has 0 saturated carbocycles. The minimum absolute atomic E-state index is 0.145. The number of alkyl halides is 3. The second-order valence-corrected chi connectivity index (χ2v) is 5.23. The number of hydrogen-bond acceptors (Lipinski definition) is 3. The Labute approximate surface area is 134 Å². The van der Waals surface area contributed by atoms with E-state index in [0.717, 1.165) is 12.1 Å². The van der Waals surface area contributed by atoms with E-state index in [9.17, 15) is 13.2 Å². The van der Waals surface area contributed by atoms with E-state index in [1.807, 2.05) is 0 Å². The van der Waals surface area contributed by atoms with Crippen LogP contribution < -0.4 is 5.73 Å². The Morgan fingerprint density at radius 2 is 1.74 bits per heavy atom. The molecule has 0 aliphatic heterocycles. The van der Waals surface area contributed by atoms with Crippen molar-refractivity contribution in [3.05, 3.63) is 59.1 Å². The molecule has 2 N–H and O–H groups in total. The second-order valence-electron chi connectivity index (χ2n) is 4.79. The van der Waals surface area contributed by atoms with Crippen LogP contribution in [0.1, 0.15) is 5.56 Å². The van der Waals surface area contributed by atoms with E-state index in [-0.39, 0.29) is 11.5 Å². The van der Waals surface area contributed by atoms with Crippen molar-refractivity contribution in [2.75, 3.05) is 5.73 Å². The fraction of sp³-hybridized carbons (Fsp3) is 0.0667. The topological polar surface area (TPSA) is 56.7 Å². The molecule has 0 atom stereocenters. The number of nitrogens with zero attached hydrogens (tertiary/aromatic N) is 3. The Bertz CT molecular complexity index is 841. The van der Waals surface area contributed by atoms with Crippen LogP contribution in [0.15, 0.2) is 48.5 Å². The van der Waals surface area contributed by atoms with Gasteiger partial charge in [0.25, 0.3) is 0 Å². The van der Waals surface area contributed by atoms with Gasteiger partial charge in [-0.15, -0.1) is 5.10 Å². The maximum Gasteiger partial charge on any atom is 0.416 e. The third kappa shape index (κ3) is 3.00. The van der Waals surface area contributed by atoms with E-state index in [1.54, 1.807) is 24.3 Å². The molecule has 3 aromatic rings. The van der Waals surface area contributed by atoms with Crippen molar-refractivity contribution in [2.45, 2.75) is 6.18 Å². The average Bonchev–Trinajstić information content (AvgIpc) is 2.89. The van der Waals surface area contributed by atoms with E-state index in [1.165, 1.54) is 16.8 Å². The van der Waals surface area contributed by atoms with Gasteiger partial charge < -0.3 is 5.73 Å². The third-order valence-electron chi connectivity index (χ3n) is 3.24. The van der Waals surface area contributed by atoms with E-state index in [2.05, 4.69) is 10.3 Å². The summed E-state index contributed by atoms with van der Waals surface area (Å²) in [4.78, 5) is 0. The van der Waals surface area contributed by atoms with E-state index in [0.29, 0.717) is 16.3 Å². The SMILES string of the molecule is Nc1c(-c2ccc(Cl)cc2)nnn1-c1cccc(C(F)(F)F)c1. The van der Waals surface area contributed by atoms with Crippen molar-refractivity contribution in [2.24, 2.45) is 0 Å². The summed E-state index contributed by atoms with van der Waals surface area (Å²) in [7, 11) is 0. The van der Waals surface area contributed by atoms with E-state index < -0.39 is 11.7 Å². The zero-order valence-corrected chi connectivity index (χ0v) is 12.3. The van der Waals surface area contributed by atoms with Crippen LogP contribution in [0.4, 0.5) is 19.0 Å². The van der Waals surface area contributed by atoms with Crippen LogP contribution in [0.3, 0.4) is 0 Å². The monoisotopic (exact) mass is 338 g/mol. The number of rotatable bonds is 2. The first-order valence-corrected chi connectivity index (χ1v) is 6.89. The molecule has 1 heterocycles. The number of nitrogens with two attached hydrogens (primary N) is 1. The summed E-state index contributed by atoms with van der Waals surface area (Å²) in [5.74, 6) is 0.145. The maximum atomic E-state index is 12.8. The highest BCUT2D eigenvalue weighted by molar-refractivity contribution is 6.30. The Morgan fingerprint density at radius 1 is 1.04 bits per heavy atom. The summed E-state index contributed by atoms with van der Waals surface area (Å²) in [5, 5.41) is 8.35. The molecule has 0 aliphatic carbocycles. The lowest BCUT2D eigenvalue weighted by Crippen LogP contribution is -2.08. The zero-order chi connectivity index (χ0) is 16.6. The standard InChI is InChI=1S/C15H10ClF3N4/c16-11-6-4-9(5-7-11)13-14(20)23(22-21-13)12-3-1-2-10(8-12)15(17,18)19/h1-8H,20H2. The van der Waals surface area contributed by atoms with Gasteiger partial charge in [0.05, 0.1) is 11.3 Å². The van der Waals surface area contributed by atoms with Crippen LogP contribution in [-0.4, -0.2) is 15.0 Å². The van der Waals surface area contributed by atoms with Gasteiger partial charge in [-0.05, 0) is 30.3 Å². The Morgan fingerprint density at radius 3 is 2.39 bits per heavy atom. The Kier molecular flexibility index (Phi) is 3.73. The normalized spacial score (nSPS) is 11.7. The van der Waals surface area contributed by atoms with E-state index in [4.69, 9.17) is 17.3 Å². The maximum absolute atomic E-state index is 12.8. The number of anilines is 1. The van der Waals surface area contributed by atoms with Crippen LogP contribution in [0.5, 0.6) is 0 Å². The van der Waals surface area contributed by atoms with Crippen LogP contribution >= 0.6 is 11.6 Å². The van der Waals surface area contributed by atoms with Crippen LogP contribution in [0, 0.1) is 0 Å². The Hall–Kier alpha value is -2.54. The molecular formula is C15H10ClF3N4. The molecule has 0 bridgehead atoms. The molecular weight excluding hydrogens is 329 g/mol. The first kappa shape index (κ1) is 15.4. The molecule has 4 nitrogen and oxygen atoms in total. The minimum atomic E-state index is -4.44. The molecule has 0 aliphatic rings. The number of hydrogen-bond donors (Lipinski definition) is 1. The van der Waals surface area contributed by atoms with Gasteiger partial charge in [0.1, 0.15) is 5.69 Å². The van der Waals surface area contributed by atoms with Gasteiger partial charge in [-0.1, -0.05) is 35.0 Å². The summed E-state index contributed by atoms with van der Waals surface area (Å²) < 4.78 is 39.6. The van der Waals surface area contributed by atoms with Gasteiger partial charge in [-0.2, -0.15) is 17.9 Å². The van der Waals surface area contributed by atoms with Crippen molar-refractivity contribution < 1.29 is 13.2 Å². The number of aromatic nitrogens is 3. The van der Waals surface area contributed by atoms with Crippen LogP contribution in [0.25, 0.3) is 16.9 Å². The molecule has 0 spiro atoms. The lowest BCUT2D eigenvalue weighted by Gasteiger charge is -2.09. The van der Waals surface area contributed by atoms with Crippen molar-refractivity contribution in [1.29, 1.82) is 0 Å². The van der Waals surface area contributed by atoms with Gasteiger partial charge in [0, 0.05) is 10.6 Å². The number of nitrogen functional groups attached to an aromatic ring is 1. The predicted octanol–water partition coefficient (Wildman–Crippen LogP) is 4.19. The summed E-state index contributed by atoms with van der Waals surface area (Å²) in [5.41, 5.74) is 6.44. The first-order valence-electron chi connectivity index (χ1n) is 6.51. The third-order valence-corrected chi connectivity index (χ3v) is 3.49. The predicted molar refractivity (Wildman–Crippen MR) is 81.2 cm³/mol. The summed E-state index contributed by atoms with van der Waals surface area (Å²) in [6, 6.07) is 11.5. The number of benzene rings is 2. The van der Waals surface area contributed by atoms with Crippen molar-refractivity contribution in [1.82, 2.24) is 15.0 Å². The Balaban J connectivity index is 2.04. The summed E-state index contributed by atoms with van der Waals surface area (Å²) >= 11 is 5.82. The van der Waals surface area contributed by atoms with Gasteiger partial charge in [0.15, 0.2) is 5.82 Å². The molecule has 118 valence electrons. The highest BCUT2D eigenvalue weighted by Crippen LogP contribution is 2.31. The molecule has 23 heavy (non-hydrogen) atoms. The zero-order valence-electron chi connectivity index (χ0n) is 11.5. The number of halogens is 4. The highest BCUT2D eigenvalue weighted by Gasteiger charge is 2.30. The van der Waals surface area contributed by atoms with E-state index >= 15 is 0 Å². The fourth-order valence-electron chi connectivity index (χ4n) is 2.11. The largest absolute Gasteiger partial charge is 0.416 e. The molecule has 0 amide bonds. The first-order chi connectivity index (χ1) is 10.9. The lowest BCUT2D eigenvalue weighted by molar-refractivity contribution is -0.137. The van der Waals surface area contributed by atoms with Gasteiger partial charge in [-0.3, -0.25) is 0 Å². The molecule has 2 aromatic carbocycles. The van der Waals surface area contributed by atoms with Crippen molar-refractivity contribution >= 4 is 17.4 Å². The summed E-state index contributed by atoms with van der Waals surface area (Å²) in [6.07, 6.45) is -4.44. The average molecular weight is 339 g/mol. The van der Waals surface area contributed by atoms with Gasteiger partial charge in [-0.25, -0.2) is 0 Å². The minimum Gasteiger partial charge on any atom is -0.382 e. The smallest absolute Gasteiger partial charge is 0.382 e. The molecule has 0 unspecified atom stereocenters. The van der Waals surface area contributed by atoms with Crippen LogP contribution in [-0.2, 0) is 6.18 Å². The fourth-order valence-corrected chi connectivity index (χ4v) is 2.23. The van der Waals surface area contributed by atoms with Gasteiger partial charge in [0.2, 0.25) is 0 Å². The highest BCUT2D eigenvalue weighted by atomic mass is 35.5. The summed E-state index contributed by atoms with van der Waals surface area (Å²) in [6.45, 7) is 0. The lowest BCUT2D eigenvalue weighted by atomic mass is 10.1. The molecule has 0 radical (unpaired) electrons. The quantitative estimate of drug-likeness (QED) is 0.762. The second kappa shape index (κ2) is 5.58.